The maximum absolute atomic E-state index is 10.8. The summed E-state index contributed by atoms with van der Waals surface area (Å²) in [4.78, 5) is 0. The van der Waals surface area contributed by atoms with E-state index in [4.69, 9.17) is 4.74 Å². The first kappa shape index (κ1) is 14.5. The predicted octanol–water partition coefficient (Wildman–Crippen LogP) is 3.07. The van der Waals surface area contributed by atoms with Crippen molar-refractivity contribution in [1.82, 2.24) is 9.78 Å². The fourth-order valence-electron chi connectivity index (χ4n) is 3.18. The van der Waals surface area contributed by atoms with E-state index in [1.165, 1.54) is 6.42 Å². The summed E-state index contributed by atoms with van der Waals surface area (Å²) in [5.74, 6) is 0. The number of nitrogens with zero attached hydrogens (tertiary/aromatic N) is 2. The first-order valence-corrected chi connectivity index (χ1v) is 7.57. The highest BCUT2D eigenvalue weighted by molar-refractivity contribution is 5.11. The van der Waals surface area contributed by atoms with E-state index in [9.17, 15) is 5.11 Å². The predicted molar refractivity (Wildman–Crippen MR) is 74.9 cm³/mol. The molecule has 1 atom stereocenters. The average Bonchev–Trinajstić information content (AvgIpc) is 2.88. The van der Waals surface area contributed by atoms with Crippen molar-refractivity contribution in [3.8, 4) is 0 Å². The van der Waals surface area contributed by atoms with Crippen LogP contribution in [0.3, 0.4) is 0 Å². The van der Waals surface area contributed by atoms with Gasteiger partial charge in [0.15, 0.2) is 0 Å². The topological polar surface area (TPSA) is 47.3 Å². The van der Waals surface area contributed by atoms with Crippen molar-refractivity contribution in [2.24, 2.45) is 0 Å². The van der Waals surface area contributed by atoms with Gasteiger partial charge < -0.3 is 9.84 Å². The largest absolute Gasteiger partial charge is 0.384 e. The second kappa shape index (κ2) is 6.53. The molecule has 1 aliphatic rings. The zero-order chi connectivity index (χ0) is 13.7. The lowest BCUT2D eigenvalue weighted by molar-refractivity contribution is -0.144. The van der Waals surface area contributed by atoms with Crippen molar-refractivity contribution in [1.29, 1.82) is 0 Å². The Morgan fingerprint density at radius 1 is 1.37 bits per heavy atom. The minimum absolute atomic E-state index is 0.404. The molecule has 1 unspecified atom stereocenters. The van der Waals surface area contributed by atoms with Crippen LogP contribution in [0.4, 0.5) is 0 Å². The van der Waals surface area contributed by atoms with Crippen molar-refractivity contribution < 1.29 is 9.84 Å². The number of hydrogen-bond donors (Lipinski definition) is 1. The van der Waals surface area contributed by atoms with Gasteiger partial charge in [-0.2, -0.15) is 5.10 Å². The Balaban J connectivity index is 2.22. The number of hydrogen-bond acceptors (Lipinski definition) is 3. The van der Waals surface area contributed by atoms with E-state index in [1.54, 1.807) is 6.20 Å². The summed E-state index contributed by atoms with van der Waals surface area (Å²) in [6, 6.07) is 1.93. The highest BCUT2D eigenvalue weighted by Crippen LogP contribution is 2.41. The minimum Gasteiger partial charge on any atom is -0.384 e. The average molecular weight is 266 g/mol. The molecule has 0 aromatic carbocycles. The number of rotatable bonds is 6. The van der Waals surface area contributed by atoms with Gasteiger partial charge in [0.1, 0.15) is 6.10 Å². The minimum atomic E-state index is -0.568. The van der Waals surface area contributed by atoms with Crippen molar-refractivity contribution in [3.05, 3.63) is 18.0 Å². The fraction of sp³-hybridized carbons (Fsp3) is 0.800. The van der Waals surface area contributed by atoms with Gasteiger partial charge >= 0.3 is 0 Å². The standard InChI is InChI=1S/C15H26N2O2/c1-3-12-17-13(8-11-16-17)14(18)15(19-4-2)9-6-5-7-10-15/h8,11,14,18H,3-7,9-10,12H2,1-2H3. The Labute approximate surface area is 115 Å². The zero-order valence-corrected chi connectivity index (χ0v) is 12.1. The molecule has 0 spiro atoms. The van der Waals surface area contributed by atoms with Crippen LogP contribution >= 0.6 is 0 Å². The maximum atomic E-state index is 10.8. The Hall–Kier alpha value is -0.870. The second-order valence-corrected chi connectivity index (χ2v) is 5.44. The van der Waals surface area contributed by atoms with Gasteiger partial charge in [0.25, 0.3) is 0 Å². The third-order valence-electron chi connectivity index (χ3n) is 4.09. The highest BCUT2D eigenvalue weighted by atomic mass is 16.5. The summed E-state index contributed by atoms with van der Waals surface area (Å²) in [6.45, 7) is 5.63. The molecule has 1 saturated carbocycles. The number of aliphatic hydroxyl groups is 1. The van der Waals surface area contributed by atoms with Crippen LogP contribution in [-0.2, 0) is 11.3 Å². The normalized spacial score (nSPS) is 20.4. The van der Waals surface area contributed by atoms with E-state index in [2.05, 4.69) is 12.0 Å². The van der Waals surface area contributed by atoms with Crippen molar-refractivity contribution >= 4 is 0 Å². The fourth-order valence-corrected chi connectivity index (χ4v) is 3.18. The highest BCUT2D eigenvalue weighted by Gasteiger charge is 2.41. The summed E-state index contributed by atoms with van der Waals surface area (Å²) in [6.07, 6.45) is 7.63. The SMILES string of the molecule is CCCn1nccc1C(O)C1(OCC)CCCCC1. The molecular weight excluding hydrogens is 240 g/mol. The molecule has 2 rings (SSSR count). The summed E-state index contributed by atoms with van der Waals surface area (Å²) < 4.78 is 7.91. The van der Waals surface area contributed by atoms with Gasteiger partial charge in [-0.25, -0.2) is 0 Å². The zero-order valence-electron chi connectivity index (χ0n) is 12.1. The molecule has 1 heterocycles. The summed E-state index contributed by atoms with van der Waals surface area (Å²) in [5.41, 5.74) is 0.496. The molecule has 4 heteroatoms. The van der Waals surface area contributed by atoms with Gasteiger partial charge in [-0.05, 0) is 32.3 Å². The van der Waals surface area contributed by atoms with Gasteiger partial charge in [0.2, 0.25) is 0 Å². The van der Waals surface area contributed by atoms with Crippen LogP contribution in [0.15, 0.2) is 12.3 Å². The quantitative estimate of drug-likeness (QED) is 0.860. The maximum Gasteiger partial charge on any atom is 0.124 e. The van der Waals surface area contributed by atoms with Crippen molar-refractivity contribution in [2.75, 3.05) is 6.61 Å². The number of aliphatic hydroxyl groups excluding tert-OH is 1. The van der Waals surface area contributed by atoms with Crippen LogP contribution in [-0.4, -0.2) is 27.1 Å². The molecule has 1 N–H and O–H groups in total. The molecular formula is C15H26N2O2. The van der Waals surface area contributed by atoms with E-state index in [1.807, 2.05) is 17.7 Å². The first-order valence-electron chi connectivity index (χ1n) is 7.57. The van der Waals surface area contributed by atoms with E-state index < -0.39 is 11.7 Å². The van der Waals surface area contributed by atoms with Gasteiger partial charge in [0.05, 0.1) is 11.3 Å². The third kappa shape index (κ3) is 3.00. The Bertz CT molecular complexity index is 378. The summed E-state index contributed by atoms with van der Waals surface area (Å²) >= 11 is 0. The lowest BCUT2D eigenvalue weighted by Crippen LogP contribution is -2.42. The van der Waals surface area contributed by atoms with Crippen LogP contribution < -0.4 is 0 Å². The molecule has 1 aromatic heterocycles. The van der Waals surface area contributed by atoms with Crippen LogP contribution in [0.2, 0.25) is 0 Å². The van der Waals surface area contributed by atoms with Crippen LogP contribution in [0.25, 0.3) is 0 Å². The summed E-state index contributed by atoms with van der Waals surface area (Å²) in [7, 11) is 0. The van der Waals surface area contributed by atoms with E-state index in [-0.39, 0.29) is 0 Å². The Morgan fingerprint density at radius 2 is 2.11 bits per heavy atom. The number of ether oxygens (including phenoxy) is 1. The molecule has 1 aliphatic carbocycles. The number of aromatic nitrogens is 2. The second-order valence-electron chi connectivity index (χ2n) is 5.44. The number of aryl methyl sites for hydroxylation is 1. The van der Waals surface area contributed by atoms with E-state index in [0.717, 1.165) is 44.3 Å². The Morgan fingerprint density at radius 3 is 2.74 bits per heavy atom. The van der Waals surface area contributed by atoms with Crippen LogP contribution in [0.1, 0.15) is 64.2 Å². The molecule has 1 fully saturated rings. The molecule has 0 saturated heterocycles. The molecule has 0 amide bonds. The lowest BCUT2D eigenvalue weighted by atomic mass is 9.79. The molecule has 4 nitrogen and oxygen atoms in total. The van der Waals surface area contributed by atoms with Gasteiger partial charge in [0, 0.05) is 19.3 Å². The van der Waals surface area contributed by atoms with E-state index >= 15 is 0 Å². The molecule has 19 heavy (non-hydrogen) atoms. The third-order valence-corrected chi connectivity index (χ3v) is 4.09. The van der Waals surface area contributed by atoms with Crippen LogP contribution in [0.5, 0.6) is 0 Å². The monoisotopic (exact) mass is 266 g/mol. The molecule has 0 bridgehead atoms. The van der Waals surface area contributed by atoms with Crippen LogP contribution in [0, 0.1) is 0 Å². The summed E-state index contributed by atoms with van der Waals surface area (Å²) in [5, 5.41) is 15.2. The first-order chi connectivity index (χ1) is 9.23. The van der Waals surface area contributed by atoms with E-state index in [0.29, 0.717) is 6.61 Å². The van der Waals surface area contributed by atoms with Crippen molar-refractivity contribution in [3.63, 3.8) is 0 Å². The molecule has 0 aliphatic heterocycles. The lowest BCUT2D eigenvalue weighted by Gasteiger charge is -2.40. The molecule has 108 valence electrons. The van der Waals surface area contributed by atoms with Gasteiger partial charge in [-0.3, -0.25) is 4.68 Å². The molecule has 0 radical (unpaired) electrons. The van der Waals surface area contributed by atoms with Gasteiger partial charge in [-0.15, -0.1) is 0 Å². The Kier molecular flexibility index (Phi) is 4.99. The molecule has 1 aromatic rings. The smallest absolute Gasteiger partial charge is 0.124 e. The van der Waals surface area contributed by atoms with Gasteiger partial charge in [-0.1, -0.05) is 26.2 Å². The van der Waals surface area contributed by atoms with Crippen molar-refractivity contribution in [2.45, 2.75) is 70.6 Å².